The zero-order chi connectivity index (χ0) is 20.4. The Morgan fingerprint density at radius 1 is 0.931 bits per heavy atom. The van der Waals surface area contributed by atoms with Crippen molar-refractivity contribution in [3.63, 3.8) is 0 Å². The highest BCUT2D eigenvalue weighted by atomic mass is 16.2. The Balaban J connectivity index is 1.41. The summed E-state index contributed by atoms with van der Waals surface area (Å²) in [4.78, 5) is 17.2. The van der Waals surface area contributed by atoms with Crippen LogP contribution in [0.4, 0.5) is 0 Å². The molecule has 5 heteroatoms. The number of nitrogens with zero attached hydrogens (tertiary/aromatic N) is 4. The lowest BCUT2D eigenvalue weighted by atomic mass is 10.1. The first-order chi connectivity index (χ1) is 14.0. The van der Waals surface area contributed by atoms with Crippen LogP contribution in [0.25, 0.3) is 5.69 Å². The van der Waals surface area contributed by atoms with Crippen LogP contribution in [0.5, 0.6) is 0 Å². The fraction of sp³-hybridized carbons (Fsp3) is 0.333. The molecule has 0 atom stereocenters. The number of aromatic nitrogens is 2. The Morgan fingerprint density at radius 2 is 1.66 bits per heavy atom. The highest BCUT2D eigenvalue weighted by Crippen LogP contribution is 2.20. The third-order valence-corrected chi connectivity index (χ3v) is 5.75. The fourth-order valence-electron chi connectivity index (χ4n) is 4.02. The van der Waals surface area contributed by atoms with E-state index in [0.717, 1.165) is 55.2 Å². The van der Waals surface area contributed by atoms with Gasteiger partial charge in [-0.1, -0.05) is 35.9 Å². The first-order valence-electron chi connectivity index (χ1n) is 10.2. The van der Waals surface area contributed by atoms with Crippen LogP contribution < -0.4 is 0 Å². The van der Waals surface area contributed by atoms with Crippen LogP contribution in [-0.4, -0.2) is 51.7 Å². The smallest absolute Gasteiger partial charge is 0.253 e. The van der Waals surface area contributed by atoms with E-state index < -0.39 is 0 Å². The predicted octanol–water partition coefficient (Wildman–Crippen LogP) is 3.76. The van der Waals surface area contributed by atoms with Crippen molar-refractivity contribution in [2.75, 3.05) is 26.2 Å². The van der Waals surface area contributed by atoms with Crippen molar-refractivity contribution in [1.82, 2.24) is 19.6 Å². The number of aryl methyl sites for hydroxylation is 2. The van der Waals surface area contributed by atoms with Gasteiger partial charge in [0.1, 0.15) is 0 Å². The van der Waals surface area contributed by atoms with Gasteiger partial charge in [-0.25, -0.2) is 4.68 Å². The molecule has 1 fully saturated rings. The number of para-hydroxylation sites is 1. The number of carbonyl (C=O) groups is 1. The number of amides is 1. The molecule has 1 aliphatic rings. The molecule has 150 valence electrons. The molecule has 0 bridgehead atoms. The zero-order valence-corrected chi connectivity index (χ0v) is 17.4. The SMILES string of the molecule is Cc1cccc(C(=O)N2CCN(Cc3c(C)nn(-c4ccccc4)c3C)CC2)c1. The van der Waals surface area contributed by atoms with E-state index in [2.05, 4.69) is 30.9 Å². The van der Waals surface area contributed by atoms with Gasteiger partial charge in [-0.05, 0) is 45.0 Å². The summed E-state index contributed by atoms with van der Waals surface area (Å²) >= 11 is 0. The van der Waals surface area contributed by atoms with E-state index in [-0.39, 0.29) is 5.91 Å². The molecule has 1 amide bonds. The van der Waals surface area contributed by atoms with E-state index in [4.69, 9.17) is 5.10 Å². The molecule has 5 nitrogen and oxygen atoms in total. The summed E-state index contributed by atoms with van der Waals surface area (Å²) in [5.41, 5.74) is 6.54. The number of piperazine rings is 1. The summed E-state index contributed by atoms with van der Waals surface area (Å²) < 4.78 is 2.03. The molecule has 3 aromatic rings. The van der Waals surface area contributed by atoms with Gasteiger partial charge in [0.2, 0.25) is 0 Å². The van der Waals surface area contributed by atoms with Crippen LogP contribution in [0.2, 0.25) is 0 Å². The van der Waals surface area contributed by atoms with E-state index in [9.17, 15) is 4.79 Å². The fourth-order valence-corrected chi connectivity index (χ4v) is 4.02. The lowest BCUT2D eigenvalue weighted by Gasteiger charge is -2.35. The van der Waals surface area contributed by atoms with Crippen LogP contribution in [0.1, 0.15) is 32.9 Å². The summed E-state index contributed by atoms with van der Waals surface area (Å²) in [5.74, 6) is 0.137. The maximum Gasteiger partial charge on any atom is 0.253 e. The molecule has 1 aromatic heterocycles. The lowest BCUT2D eigenvalue weighted by Crippen LogP contribution is -2.48. The average Bonchev–Trinajstić information content (AvgIpc) is 3.03. The van der Waals surface area contributed by atoms with E-state index >= 15 is 0 Å². The Labute approximate surface area is 172 Å². The molecule has 2 heterocycles. The minimum atomic E-state index is 0.137. The zero-order valence-electron chi connectivity index (χ0n) is 17.4. The van der Waals surface area contributed by atoms with Crippen LogP contribution in [0, 0.1) is 20.8 Å². The van der Waals surface area contributed by atoms with Crippen molar-refractivity contribution >= 4 is 5.91 Å². The van der Waals surface area contributed by atoms with Gasteiger partial charge in [0, 0.05) is 49.5 Å². The molecule has 0 N–H and O–H groups in total. The number of benzene rings is 2. The Bertz CT molecular complexity index is 1000. The summed E-state index contributed by atoms with van der Waals surface area (Å²) in [6.45, 7) is 10.4. The molecule has 4 rings (SSSR count). The summed E-state index contributed by atoms with van der Waals surface area (Å²) in [7, 11) is 0. The maximum absolute atomic E-state index is 12.8. The Hall–Kier alpha value is -2.92. The lowest BCUT2D eigenvalue weighted by molar-refractivity contribution is 0.0628. The quantitative estimate of drug-likeness (QED) is 0.683. The summed E-state index contributed by atoms with van der Waals surface area (Å²) in [6.07, 6.45) is 0. The monoisotopic (exact) mass is 388 g/mol. The molecule has 0 saturated carbocycles. The molecule has 1 saturated heterocycles. The van der Waals surface area contributed by atoms with E-state index in [1.54, 1.807) is 0 Å². The van der Waals surface area contributed by atoms with Crippen molar-refractivity contribution in [2.45, 2.75) is 27.3 Å². The number of hydrogen-bond acceptors (Lipinski definition) is 3. The van der Waals surface area contributed by atoms with Gasteiger partial charge < -0.3 is 4.90 Å². The second-order valence-corrected chi connectivity index (χ2v) is 7.83. The third-order valence-electron chi connectivity index (χ3n) is 5.75. The third kappa shape index (κ3) is 4.10. The van der Waals surface area contributed by atoms with E-state index in [0.29, 0.717) is 0 Å². The second kappa shape index (κ2) is 8.21. The first-order valence-corrected chi connectivity index (χ1v) is 10.2. The first kappa shape index (κ1) is 19.4. The predicted molar refractivity (Wildman–Crippen MR) is 115 cm³/mol. The van der Waals surface area contributed by atoms with Gasteiger partial charge in [0.15, 0.2) is 0 Å². The van der Waals surface area contributed by atoms with Crippen LogP contribution >= 0.6 is 0 Å². The molecule has 2 aromatic carbocycles. The molecule has 0 unspecified atom stereocenters. The largest absolute Gasteiger partial charge is 0.336 e. The summed E-state index contributed by atoms with van der Waals surface area (Å²) in [6, 6.07) is 18.1. The van der Waals surface area contributed by atoms with Gasteiger partial charge in [-0.15, -0.1) is 0 Å². The maximum atomic E-state index is 12.8. The Morgan fingerprint density at radius 3 is 2.34 bits per heavy atom. The molecular formula is C24H28N4O. The van der Waals surface area contributed by atoms with E-state index in [1.165, 1.54) is 11.3 Å². The second-order valence-electron chi connectivity index (χ2n) is 7.83. The van der Waals surface area contributed by atoms with Crippen LogP contribution in [-0.2, 0) is 6.54 Å². The van der Waals surface area contributed by atoms with Crippen molar-refractivity contribution in [1.29, 1.82) is 0 Å². The van der Waals surface area contributed by atoms with Crippen molar-refractivity contribution in [3.05, 3.63) is 82.7 Å². The number of rotatable bonds is 4. The van der Waals surface area contributed by atoms with Crippen LogP contribution in [0.3, 0.4) is 0 Å². The molecule has 0 spiro atoms. The molecular weight excluding hydrogens is 360 g/mol. The van der Waals surface area contributed by atoms with Gasteiger partial charge in [-0.2, -0.15) is 5.10 Å². The van der Waals surface area contributed by atoms with Gasteiger partial charge in [0.25, 0.3) is 5.91 Å². The standard InChI is InChI=1S/C24H28N4O/c1-18-8-7-9-21(16-18)24(29)27-14-12-26(13-15-27)17-23-19(2)25-28(20(23)3)22-10-5-4-6-11-22/h4-11,16H,12-15,17H2,1-3H3. The summed E-state index contributed by atoms with van der Waals surface area (Å²) in [5, 5.41) is 4.76. The van der Waals surface area contributed by atoms with Crippen LogP contribution in [0.15, 0.2) is 54.6 Å². The van der Waals surface area contributed by atoms with Gasteiger partial charge >= 0.3 is 0 Å². The molecule has 1 aliphatic heterocycles. The highest BCUT2D eigenvalue weighted by molar-refractivity contribution is 5.94. The van der Waals surface area contributed by atoms with Crippen molar-refractivity contribution in [3.8, 4) is 5.69 Å². The topological polar surface area (TPSA) is 41.4 Å². The normalized spacial score (nSPS) is 14.9. The van der Waals surface area contributed by atoms with Crippen molar-refractivity contribution < 1.29 is 4.79 Å². The number of hydrogen-bond donors (Lipinski definition) is 0. The molecule has 29 heavy (non-hydrogen) atoms. The molecule has 0 radical (unpaired) electrons. The van der Waals surface area contributed by atoms with Gasteiger partial charge in [0.05, 0.1) is 11.4 Å². The highest BCUT2D eigenvalue weighted by Gasteiger charge is 2.24. The Kier molecular flexibility index (Phi) is 5.49. The minimum absolute atomic E-state index is 0.137. The minimum Gasteiger partial charge on any atom is -0.336 e. The van der Waals surface area contributed by atoms with E-state index in [1.807, 2.05) is 59.0 Å². The van der Waals surface area contributed by atoms with Gasteiger partial charge in [-0.3, -0.25) is 9.69 Å². The average molecular weight is 389 g/mol. The number of carbonyl (C=O) groups excluding carboxylic acids is 1. The molecule has 0 aliphatic carbocycles. The van der Waals surface area contributed by atoms with Crippen molar-refractivity contribution in [2.24, 2.45) is 0 Å².